The van der Waals surface area contributed by atoms with Crippen molar-refractivity contribution in [3.8, 4) is 0 Å². The first-order valence-electron chi connectivity index (χ1n) is 16.0. The van der Waals surface area contributed by atoms with E-state index in [1.807, 2.05) is 60.7 Å². The molecule has 1 saturated heterocycles. The summed E-state index contributed by atoms with van der Waals surface area (Å²) in [6.07, 6.45) is 0.0403. The summed E-state index contributed by atoms with van der Waals surface area (Å²) in [5, 5.41) is 11.2. The zero-order valence-electron chi connectivity index (χ0n) is 28.2. The molecule has 0 bridgehead atoms. The zero-order valence-corrected chi connectivity index (χ0v) is 29.8. The second kappa shape index (κ2) is 16.5. The molecule has 5 rings (SSSR count). The van der Waals surface area contributed by atoms with Crippen LogP contribution in [-0.2, 0) is 41.2 Å². The maximum atomic E-state index is 12.4. The summed E-state index contributed by atoms with van der Waals surface area (Å²) in [4.78, 5) is 37.3. The SMILES string of the molecule is CC(N)OC(=N)C(OCC1CCC(n2cnc3c(NC(=O)OC(C)(C)C)nc(Cl)nc32)O1)[P+](O)(OCc1ccccc1)OCc1ccccc1. The smallest absolute Gasteiger partial charge is 0.451 e. The summed E-state index contributed by atoms with van der Waals surface area (Å²) in [5.74, 6) is -1.79. The number of aromatic nitrogens is 4. The van der Waals surface area contributed by atoms with Gasteiger partial charge in [0.15, 0.2) is 17.0 Å². The molecule has 268 valence electrons. The largest absolute Gasteiger partial charge is 0.458 e. The Morgan fingerprint density at radius 1 is 1.10 bits per heavy atom. The average Bonchev–Trinajstić information content (AvgIpc) is 3.70. The van der Waals surface area contributed by atoms with Crippen molar-refractivity contribution in [1.82, 2.24) is 19.5 Å². The number of nitrogens with two attached hydrogens (primary N) is 1. The number of amides is 1. The van der Waals surface area contributed by atoms with E-state index >= 15 is 0 Å². The summed E-state index contributed by atoms with van der Waals surface area (Å²) < 4.78 is 37.2. The number of rotatable bonds is 14. The molecule has 4 atom stereocenters. The van der Waals surface area contributed by atoms with Crippen molar-refractivity contribution in [1.29, 1.82) is 5.41 Å². The monoisotopic (exact) mass is 730 g/mol. The van der Waals surface area contributed by atoms with Crippen molar-refractivity contribution >= 4 is 48.5 Å². The summed E-state index contributed by atoms with van der Waals surface area (Å²) in [6, 6.07) is 18.6. The Bertz CT molecular complexity index is 1700. The predicted octanol–water partition coefficient (Wildman–Crippen LogP) is 6.33. The van der Waals surface area contributed by atoms with Gasteiger partial charge in [-0.15, -0.1) is 0 Å². The van der Waals surface area contributed by atoms with Crippen LogP contribution in [0, 0.1) is 5.41 Å². The molecule has 17 heteroatoms. The van der Waals surface area contributed by atoms with Crippen LogP contribution >= 0.6 is 19.5 Å². The van der Waals surface area contributed by atoms with E-state index in [-0.39, 0.29) is 30.9 Å². The first kappa shape index (κ1) is 37.5. The Kier molecular flexibility index (Phi) is 12.4. The number of anilines is 1. The van der Waals surface area contributed by atoms with Gasteiger partial charge in [-0.1, -0.05) is 60.7 Å². The third-order valence-electron chi connectivity index (χ3n) is 7.20. The summed E-state index contributed by atoms with van der Waals surface area (Å²) in [7, 11) is -3.99. The molecule has 0 saturated carbocycles. The Morgan fingerprint density at radius 3 is 2.30 bits per heavy atom. The van der Waals surface area contributed by atoms with E-state index in [4.69, 9.17) is 50.7 Å². The van der Waals surface area contributed by atoms with Crippen LogP contribution in [0.1, 0.15) is 57.9 Å². The molecule has 4 unspecified atom stereocenters. The normalized spacial score (nSPS) is 17.7. The number of halogens is 1. The molecule has 50 heavy (non-hydrogen) atoms. The molecule has 15 nitrogen and oxygen atoms in total. The number of hydrogen-bond acceptors (Lipinski definition) is 13. The highest BCUT2D eigenvalue weighted by Gasteiger charge is 2.56. The topological polar surface area (TPSA) is 198 Å². The molecule has 1 fully saturated rings. The van der Waals surface area contributed by atoms with Crippen molar-refractivity contribution < 1.29 is 37.7 Å². The summed E-state index contributed by atoms with van der Waals surface area (Å²) in [5.41, 5.74) is 7.36. The van der Waals surface area contributed by atoms with Crippen molar-refractivity contribution in [3.05, 3.63) is 83.4 Å². The molecule has 4 aromatic rings. The molecule has 1 aliphatic rings. The van der Waals surface area contributed by atoms with Gasteiger partial charge in [0.05, 0.1) is 19.0 Å². The number of nitrogens with one attached hydrogen (secondary N) is 2. The number of hydrogen-bond donors (Lipinski definition) is 4. The molecule has 0 spiro atoms. The molecule has 0 aliphatic carbocycles. The van der Waals surface area contributed by atoms with E-state index in [1.54, 1.807) is 32.3 Å². The quantitative estimate of drug-likeness (QED) is 0.0370. The summed E-state index contributed by atoms with van der Waals surface area (Å²) >= 11 is 6.23. The van der Waals surface area contributed by atoms with Crippen molar-refractivity contribution in [2.24, 2.45) is 5.73 Å². The first-order valence-corrected chi connectivity index (χ1v) is 18.0. The number of imidazole rings is 1. The third kappa shape index (κ3) is 10.1. The average molecular weight is 731 g/mol. The number of ether oxygens (including phenoxy) is 4. The van der Waals surface area contributed by atoms with Crippen molar-refractivity contribution in [2.75, 3.05) is 11.9 Å². The number of carbonyl (C=O) groups is 1. The van der Waals surface area contributed by atoms with Gasteiger partial charge < -0.3 is 18.9 Å². The Morgan fingerprint density at radius 2 is 1.72 bits per heavy atom. The van der Waals surface area contributed by atoms with Crippen molar-refractivity contribution in [2.45, 2.75) is 83.8 Å². The van der Waals surface area contributed by atoms with E-state index in [0.717, 1.165) is 11.1 Å². The Balaban J connectivity index is 1.32. The zero-order chi connectivity index (χ0) is 35.9. The second-order valence-electron chi connectivity index (χ2n) is 12.5. The van der Waals surface area contributed by atoms with Crippen LogP contribution < -0.4 is 11.1 Å². The fraction of sp³-hybridized carbons (Fsp3) is 0.424. The predicted molar refractivity (Wildman–Crippen MR) is 187 cm³/mol. The lowest BCUT2D eigenvalue weighted by Crippen LogP contribution is -2.37. The van der Waals surface area contributed by atoms with Gasteiger partial charge in [0, 0.05) is 0 Å². The van der Waals surface area contributed by atoms with E-state index in [1.165, 1.54) is 6.33 Å². The van der Waals surface area contributed by atoms with Gasteiger partial charge in [0.1, 0.15) is 31.3 Å². The number of fused-ring (bicyclic) bond motifs is 1. The Labute approximate surface area is 295 Å². The molecule has 3 heterocycles. The van der Waals surface area contributed by atoms with Crippen LogP contribution in [0.3, 0.4) is 0 Å². The van der Waals surface area contributed by atoms with Crippen LogP contribution in [0.25, 0.3) is 11.2 Å². The fourth-order valence-electron chi connectivity index (χ4n) is 5.03. The van der Waals surface area contributed by atoms with Crippen LogP contribution in [0.5, 0.6) is 0 Å². The minimum absolute atomic E-state index is 0.00385. The van der Waals surface area contributed by atoms with Gasteiger partial charge in [0.2, 0.25) is 5.28 Å². The maximum Gasteiger partial charge on any atom is 0.451 e. The minimum Gasteiger partial charge on any atom is -0.458 e. The van der Waals surface area contributed by atoms with E-state index in [2.05, 4.69) is 20.3 Å². The van der Waals surface area contributed by atoms with Crippen LogP contribution in [0.15, 0.2) is 67.0 Å². The fourth-order valence-corrected chi connectivity index (χ4v) is 6.84. The molecule has 2 aromatic heterocycles. The second-order valence-corrected chi connectivity index (χ2v) is 15.0. The molecule has 1 amide bonds. The first-order chi connectivity index (χ1) is 23.8. The molecular weight excluding hydrogens is 689 g/mol. The molecule has 5 N–H and O–H groups in total. The lowest BCUT2D eigenvalue weighted by molar-refractivity contribution is -0.0469. The number of benzene rings is 2. The van der Waals surface area contributed by atoms with Crippen LogP contribution in [0.2, 0.25) is 5.28 Å². The van der Waals surface area contributed by atoms with E-state index in [9.17, 15) is 9.69 Å². The highest BCUT2D eigenvalue weighted by Crippen LogP contribution is 2.63. The van der Waals surface area contributed by atoms with E-state index < -0.39 is 49.9 Å². The highest BCUT2D eigenvalue weighted by atomic mass is 35.5. The lowest BCUT2D eigenvalue weighted by Gasteiger charge is -2.27. The maximum absolute atomic E-state index is 12.4. The molecule has 0 radical (unpaired) electrons. The van der Waals surface area contributed by atoms with Gasteiger partial charge in [-0.05, 0) is 63.3 Å². The molecular formula is C33H42ClN7O8P+. The molecule has 1 aliphatic heterocycles. The highest BCUT2D eigenvalue weighted by molar-refractivity contribution is 7.62. The van der Waals surface area contributed by atoms with Gasteiger partial charge >= 0.3 is 19.9 Å². The minimum atomic E-state index is -3.99. The van der Waals surface area contributed by atoms with Crippen molar-refractivity contribution in [3.63, 3.8) is 0 Å². The van der Waals surface area contributed by atoms with Gasteiger partial charge in [0.25, 0.3) is 5.90 Å². The van der Waals surface area contributed by atoms with E-state index in [0.29, 0.717) is 24.0 Å². The van der Waals surface area contributed by atoms with Gasteiger partial charge in [-0.25, -0.2) is 9.78 Å². The van der Waals surface area contributed by atoms with Crippen LogP contribution in [0.4, 0.5) is 10.6 Å². The lowest BCUT2D eigenvalue weighted by atomic mass is 10.2. The molecule has 2 aromatic carbocycles. The Hall–Kier alpha value is -3.79. The summed E-state index contributed by atoms with van der Waals surface area (Å²) in [6.45, 7) is 6.74. The van der Waals surface area contributed by atoms with Gasteiger partial charge in [-0.3, -0.25) is 21.0 Å². The third-order valence-corrected chi connectivity index (χ3v) is 9.34. The standard InChI is InChI=1S/C33H41ClN7O8P/c1-21(35)47-27(36)30(50(43,45-17-22-11-7-5-8-12-22)46-18-23-13-9-6-10-14-23)44-19-24-15-16-25(48-24)41-20-37-26-28(38-31(34)40-29(26)41)39-32(42)49-33(2,3)4/h5-14,20-21,24-25,30,36,43H,15-19,35H2,1-4H3/p+1. The number of carbonyl (C=O) groups excluding carboxylic acids is 1. The number of nitrogens with zero attached hydrogens (tertiary/aromatic N) is 4. The van der Waals surface area contributed by atoms with Gasteiger partial charge in [-0.2, -0.15) is 23.9 Å². The van der Waals surface area contributed by atoms with Crippen LogP contribution in [-0.4, -0.2) is 66.8 Å².